The molecule has 0 bridgehead atoms. The summed E-state index contributed by atoms with van der Waals surface area (Å²) < 4.78 is 6.79. The van der Waals surface area contributed by atoms with E-state index in [1.54, 1.807) is 23.9 Å². The number of aryl methyl sites for hydroxylation is 1. The van der Waals surface area contributed by atoms with Gasteiger partial charge < -0.3 is 15.4 Å². The highest BCUT2D eigenvalue weighted by atomic mass is 16.5. The topological polar surface area (TPSA) is 94.0 Å². The molecule has 0 aliphatic heterocycles. The summed E-state index contributed by atoms with van der Waals surface area (Å²) in [6.45, 7) is 2.19. The number of benzene rings is 2. The normalized spacial score (nSPS) is 10.3. The third kappa shape index (κ3) is 3.92. The van der Waals surface area contributed by atoms with Gasteiger partial charge in [0.15, 0.2) is 5.82 Å². The van der Waals surface area contributed by atoms with Gasteiger partial charge in [0.05, 0.1) is 25.0 Å². The molecule has 1 aromatic heterocycles. The fraction of sp³-hybridized carbons (Fsp3) is 0.176. The fourth-order valence-corrected chi connectivity index (χ4v) is 2.28. The van der Waals surface area contributed by atoms with Crippen molar-refractivity contribution in [3.8, 4) is 11.4 Å². The van der Waals surface area contributed by atoms with E-state index in [1.165, 1.54) is 0 Å². The zero-order chi connectivity index (χ0) is 17.6. The lowest BCUT2D eigenvalue weighted by atomic mass is 10.2. The molecule has 2 amide bonds. The number of para-hydroxylation sites is 2. The maximum Gasteiger partial charge on any atom is 0.319 e. The van der Waals surface area contributed by atoms with Gasteiger partial charge in [-0.25, -0.2) is 4.79 Å². The molecule has 2 aromatic carbocycles. The quantitative estimate of drug-likeness (QED) is 0.744. The van der Waals surface area contributed by atoms with Crippen molar-refractivity contribution in [1.82, 2.24) is 25.5 Å². The van der Waals surface area contributed by atoms with E-state index >= 15 is 0 Å². The first-order valence-corrected chi connectivity index (χ1v) is 7.69. The van der Waals surface area contributed by atoms with Crippen molar-refractivity contribution in [3.05, 3.63) is 59.9 Å². The predicted octanol–water partition coefficient (Wildman–Crippen LogP) is 2.30. The van der Waals surface area contributed by atoms with Crippen molar-refractivity contribution < 1.29 is 9.53 Å². The van der Waals surface area contributed by atoms with Crippen molar-refractivity contribution in [1.29, 1.82) is 0 Å². The summed E-state index contributed by atoms with van der Waals surface area (Å²) in [4.78, 5) is 12.1. The Kier molecular flexibility index (Phi) is 4.89. The van der Waals surface area contributed by atoms with Crippen LogP contribution in [-0.4, -0.2) is 33.3 Å². The SMILES string of the molecule is COc1ccccc1NC(=O)NCc1nnnn1-c1ccc(C)cc1. The van der Waals surface area contributed by atoms with Crippen molar-refractivity contribution >= 4 is 11.7 Å². The zero-order valence-corrected chi connectivity index (χ0v) is 13.9. The number of anilines is 1. The average Bonchev–Trinajstić information content (AvgIpc) is 3.09. The molecule has 128 valence electrons. The van der Waals surface area contributed by atoms with Crippen molar-refractivity contribution in [3.63, 3.8) is 0 Å². The second-order valence-electron chi connectivity index (χ2n) is 5.35. The van der Waals surface area contributed by atoms with E-state index in [1.807, 2.05) is 43.3 Å². The maximum atomic E-state index is 12.1. The molecular weight excluding hydrogens is 320 g/mol. The molecule has 0 saturated carbocycles. The fourth-order valence-electron chi connectivity index (χ4n) is 2.28. The predicted molar refractivity (Wildman–Crippen MR) is 92.7 cm³/mol. The monoisotopic (exact) mass is 338 g/mol. The molecule has 0 aliphatic carbocycles. The number of hydrogen-bond donors (Lipinski definition) is 2. The van der Waals surface area contributed by atoms with Crippen LogP contribution in [0.25, 0.3) is 5.69 Å². The number of tetrazole rings is 1. The van der Waals surface area contributed by atoms with Gasteiger partial charge in [0.2, 0.25) is 0 Å². The van der Waals surface area contributed by atoms with E-state index in [-0.39, 0.29) is 12.6 Å². The number of hydrogen-bond acceptors (Lipinski definition) is 5. The number of amides is 2. The molecule has 8 nitrogen and oxygen atoms in total. The van der Waals surface area contributed by atoms with Crippen LogP contribution in [-0.2, 0) is 6.54 Å². The summed E-state index contributed by atoms with van der Waals surface area (Å²) in [5.74, 6) is 1.11. The van der Waals surface area contributed by atoms with Gasteiger partial charge >= 0.3 is 6.03 Å². The Morgan fingerprint density at radius 3 is 2.68 bits per heavy atom. The van der Waals surface area contributed by atoms with E-state index in [9.17, 15) is 4.79 Å². The van der Waals surface area contributed by atoms with Gasteiger partial charge in [-0.15, -0.1) is 5.10 Å². The van der Waals surface area contributed by atoms with Crippen molar-refractivity contribution in [2.45, 2.75) is 13.5 Å². The smallest absolute Gasteiger partial charge is 0.319 e. The molecule has 0 saturated heterocycles. The van der Waals surface area contributed by atoms with Crippen LogP contribution in [0.3, 0.4) is 0 Å². The first-order chi connectivity index (χ1) is 12.2. The highest BCUT2D eigenvalue weighted by Crippen LogP contribution is 2.22. The number of nitrogens with zero attached hydrogens (tertiary/aromatic N) is 4. The van der Waals surface area contributed by atoms with Gasteiger partial charge in [0.25, 0.3) is 0 Å². The standard InChI is InChI=1S/C17H18N6O2/c1-12-7-9-13(10-8-12)23-16(20-21-22-23)11-18-17(24)19-14-5-3-4-6-15(14)25-2/h3-10H,11H2,1-2H3,(H2,18,19,24). The van der Waals surface area contributed by atoms with Gasteiger partial charge in [-0.1, -0.05) is 29.8 Å². The molecule has 0 radical (unpaired) electrons. The van der Waals surface area contributed by atoms with Gasteiger partial charge in [-0.3, -0.25) is 0 Å². The average molecular weight is 338 g/mol. The van der Waals surface area contributed by atoms with Crippen LogP contribution in [0.15, 0.2) is 48.5 Å². The lowest BCUT2D eigenvalue weighted by Crippen LogP contribution is -2.29. The van der Waals surface area contributed by atoms with Crippen LogP contribution in [0, 0.1) is 6.92 Å². The number of rotatable bonds is 5. The summed E-state index contributed by atoms with van der Waals surface area (Å²) in [6, 6.07) is 14.6. The van der Waals surface area contributed by atoms with Gasteiger partial charge in [0.1, 0.15) is 5.75 Å². The number of ether oxygens (including phenoxy) is 1. The Hall–Kier alpha value is -3.42. The molecule has 0 spiro atoms. The number of carbonyl (C=O) groups excluding carboxylic acids is 1. The Bertz CT molecular complexity index is 860. The summed E-state index contributed by atoms with van der Waals surface area (Å²) in [5, 5.41) is 17.1. The molecule has 0 aliphatic rings. The van der Waals surface area contributed by atoms with Gasteiger partial charge in [0, 0.05) is 0 Å². The van der Waals surface area contributed by atoms with Crippen LogP contribution < -0.4 is 15.4 Å². The number of nitrogens with one attached hydrogen (secondary N) is 2. The molecule has 1 heterocycles. The molecule has 0 fully saturated rings. The zero-order valence-electron chi connectivity index (χ0n) is 13.9. The van der Waals surface area contributed by atoms with Crippen LogP contribution in [0.4, 0.5) is 10.5 Å². The molecule has 3 rings (SSSR count). The molecule has 25 heavy (non-hydrogen) atoms. The first-order valence-electron chi connectivity index (χ1n) is 7.69. The Morgan fingerprint density at radius 1 is 1.16 bits per heavy atom. The number of methoxy groups -OCH3 is 1. The second kappa shape index (κ2) is 7.43. The summed E-state index contributed by atoms with van der Waals surface area (Å²) in [6.07, 6.45) is 0. The van der Waals surface area contributed by atoms with Gasteiger partial charge in [-0.05, 0) is 41.6 Å². The molecule has 2 N–H and O–H groups in total. The molecule has 0 atom stereocenters. The van der Waals surface area contributed by atoms with E-state index in [4.69, 9.17) is 4.74 Å². The third-order valence-electron chi connectivity index (χ3n) is 3.57. The minimum atomic E-state index is -0.372. The van der Waals surface area contributed by atoms with Crippen LogP contribution in [0.5, 0.6) is 5.75 Å². The summed E-state index contributed by atoms with van der Waals surface area (Å²) >= 11 is 0. The molecule has 3 aromatic rings. The van der Waals surface area contributed by atoms with Crippen LogP contribution in [0.2, 0.25) is 0 Å². The largest absolute Gasteiger partial charge is 0.495 e. The van der Waals surface area contributed by atoms with Gasteiger partial charge in [-0.2, -0.15) is 4.68 Å². The Balaban J connectivity index is 1.65. The second-order valence-corrected chi connectivity index (χ2v) is 5.35. The molecule has 0 unspecified atom stereocenters. The number of carbonyl (C=O) groups is 1. The third-order valence-corrected chi connectivity index (χ3v) is 3.57. The van der Waals surface area contributed by atoms with Crippen LogP contribution >= 0.6 is 0 Å². The molecular formula is C17H18N6O2. The van der Waals surface area contributed by atoms with Crippen LogP contribution in [0.1, 0.15) is 11.4 Å². The number of aromatic nitrogens is 4. The van der Waals surface area contributed by atoms with E-state index in [2.05, 4.69) is 26.2 Å². The summed E-state index contributed by atoms with van der Waals surface area (Å²) in [5.41, 5.74) is 2.56. The van der Waals surface area contributed by atoms with E-state index in [0.717, 1.165) is 11.3 Å². The Morgan fingerprint density at radius 2 is 1.92 bits per heavy atom. The maximum absolute atomic E-state index is 12.1. The lowest BCUT2D eigenvalue weighted by molar-refractivity contribution is 0.251. The van der Waals surface area contributed by atoms with Crippen molar-refractivity contribution in [2.75, 3.05) is 12.4 Å². The lowest BCUT2D eigenvalue weighted by Gasteiger charge is -2.11. The highest BCUT2D eigenvalue weighted by molar-refractivity contribution is 5.90. The van der Waals surface area contributed by atoms with E-state index < -0.39 is 0 Å². The molecule has 8 heteroatoms. The minimum absolute atomic E-state index is 0.182. The summed E-state index contributed by atoms with van der Waals surface area (Å²) in [7, 11) is 1.55. The highest BCUT2D eigenvalue weighted by Gasteiger charge is 2.11. The van der Waals surface area contributed by atoms with Crippen molar-refractivity contribution in [2.24, 2.45) is 0 Å². The van der Waals surface area contributed by atoms with E-state index in [0.29, 0.717) is 17.3 Å². The number of urea groups is 1. The minimum Gasteiger partial charge on any atom is -0.495 e. The Labute approximate surface area is 144 Å². The first kappa shape index (κ1) is 16.4.